The van der Waals surface area contributed by atoms with E-state index in [1.807, 2.05) is 4.90 Å². The molecule has 0 N–H and O–H groups in total. The molecule has 0 radical (unpaired) electrons. The van der Waals surface area contributed by atoms with E-state index in [0.717, 1.165) is 43.9 Å². The van der Waals surface area contributed by atoms with E-state index < -0.39 is 0 Å². The van der Waals surface area contributed by atoms with Gasteiger partial charge in [-0.1, -0.05) is 0 Å². The van der Waals surface area contributed by atoms with Crippen LogP contribution < -0.4 is 0 Å². The quantitative estimate of drug-likeness (QED) is 0.808. The molecule has 3 heterocycles. The number of carbonyl (C=O) groups excluding carboxylic acids is 1. The van der Waals surface area contributed by atoms with Gasteiger partial charge in [-0.15, -0.1) is 0 Å². The van der Waals surface area contributed by atoms with Crippen LogP contribution in [0, 0.1) is 17.8 Å². The highest BCUT2D eigenvalue weighted by molar-refractivity contribution is 5.68. The minimum atomic E-state index is -0.155. The number of ether oxygens (including phenoxy) is 1. The van der Waals surface area contributed by atoms with Crippen molar-refractivity contribution in [2.45, 2.75) is 6.54 Å². The summed E-state index contributed by atoms with van der Waals surface area (Å²) in [6.45, 7) is 9.97. The zero-order chi connectivity index (χ0) is 16.5. The van der Waals surface area contributed by atoms with E-state index in [1.54, 1.807) is 0 Å². The molecule has 6 nitrogen and oxygen atoms in total. The minimum absolute atomic E-state index is 0.155. The Morgan fingerprint density at radius 3 is 2.25 bits per heavy atom. The third-order valence-corrected chi connectivity index (χ3v) is 6.08. The molecule has 0 aromatic carbocycles. The lowest BCUT2D eigenvalue weighted by Crippen LogP contribution is -2.48. The van der Waals surface area contributed by atoms with Gasteiger partial charge in [-0.2, -0.15) is 0 Å². The number of hydrogen-bond acceptors (Lipinski definition) is 4. The summed E-state index contributed by atoms with van der Waals surface area (Å²) >= 11 is 0. The normalized spacial score (nSPS) is 30.4. The van der Waals surface area contributed by atoms with Crippen LogP contribution in [-0.2, 0) is 11.3 Å². The second-order valence-electron chi connectivity index (χ2n) is 7.43. The lowest BCUT2D eigenvalue weighted by atomic mass is 10.2. The van der Waals surface area contributed by atoms with Crippen molar-refractivity contribution in [3.05, 3.63) is 24.5 Å². The Morgan fingerprint density at radius 2 is 1.62 bits per heavy atom. The summed E-state index contributed by atoms with van der Waals surface area (Å²) in [6, 6.07) is 4.18. The summed E-state index contributed by atoms with van der Waals surface area (Å²) in [4.78, 5) is 18.6. The van der Waals surface area contributed by atoms with Gasteiger partial charge >= 0.3 is 6.09 Å². The first-order valence-electron chi connectivity index (χ1n) is 9.13. The van der Waals surface area contributed by atoms with E-state index in [1.165, 1.54) is 39.8 Å². The summed E-state index contributed by atoms with van der Waals surface area (Å²) < 4.78 is 7.07. The van der Waals surface area contributed by atoms with E-state index in [0.29, 0.717) is 0 Å². The number of fused-ring (bicyclic) bond motifs is 1. The van der Waals surface area contributed by atoms with Gasteiger partial charge in [0.15, 0.2) is 0 Å². The third kappa shape index (κ3) is 3.30. The van der Waals surface area contributed by atoms with Crippen LogP contribution in [0.2, 0.25) is 0 Å². The number of methoxy groups -OCH3 is 1. The molecular formula is C18H28N4O2. The van der Waals surface area contributed by atoms with Gasteiger partial charge in [0.1, 0.15) is 0 Å². The van der Waals surface area contributed by atoms with Crippen LogP contribution in [0.1, 0.15) is 0 Å². The van der Waals surface area contributed by atoms with Crippen LogP contribution in [0.3, 0.4) is 0 Å². The fourth-order valence-corrected chi connectivity index (χ4v) is 4.47. The van der Waals surface area contributed by atoms with Crippen LogP contribution in [0.15, 0.2) is 24.5 Å². The number of piperidine rings is 1. The molecule has 0 bridgehead atoms. The van der Waals surface area contributed by atoms with Gasteiger partial charge in [0.25, 0.3) is 0 Å². The topological polar surface area (TPSA) is 41.0 Å². The van der Waals surface area contributed by atoms with Gasteiger partial charge in [-0.25, -0.2) is 4.79 Å². The Morgan fingerprint density at radius 1 is 1.00 bits per heavy atom. The highest BCUT2D eigenvalue weighted by atomic mass is 16.5. The molecule has 132 valence electrons. The number of amides is 1. The van der Waals surface area contributed by atoms with Gasteiger partial charge < -0.3 is 19.1 Å². The molecule has 1 amide bonds. The first-order chi connectivity index (χ1) is 11.7. The van der Waals surface area contributed by atoms with Crippen LogP contribution in [0.5, 0.6) is 0 Å². The van der Waals surface area contributed by atoms with Crippen molar-refractivity contribution in [3.8, 4) is 0 Å². The lowest BCUT2D eigenvalue weighted by Gasteiger charge is -2.35. The second kappa shape index (κ2) is 6.76. The Bertz CT molecular complexity index is 541. The Labute approximate surface area is 143 Å². The number of hydrogen-bond donors (Lipinski definition) is 0. The predicted molar refractivity (Wildman–Crippen MR) is 91.8 cm³/mol. The van der Waals surface area contributed by atoms with Crippen molar-refractivity contribution in [1.82, 2.24) is 19.3 Å². The molecule has 1 aliphatic carbocycles. The van der Waals surface area contributed by atoms with E-state index in [2.05, 4.69) is 38.9 Å². The van der Waals surface area contributed by atoms with Gasteiger partial charge in [-0.05, 0) is 29.9 Å². The van der Waals surface area contributed by atoms with Crippen molar-refractivity contribution in [2.75, 3.05) is 59.5 Å². The van der Waals surface area contributed by atoms with Crippen molar-refractivity contribution in [2.24, 2.45) is 17.8 Å². The highest BCUT2D eigenvalue weighted by Gasteiger charge is 2.56. The molecule has 1 aromatic rings. The van der Waals surface area contributed by atoms with E-state index in [-0.39, 0.29) is 6.09 Å². The van der Waals surface area contributed by atoms with E-state index in [4.69, 9.17) is 4.74 Å². The predicted octanol–water partition coefficient (Wildman–Crippen LogP) is 1.05. The lowest BCUT2D eigenvalue weighted by molar-refractivity contribution is 0.111. The Kier molecular flexibility index (Phi) is 4.50. The molecule has 1 aromatic heterocycles. The van der Waals surface area contributed by atoms with E-state index in [9.17, 15) is 4.79 Å². The maximum Gasteiger partial charge on any atom is 0.409 e. The number of carbonyl (C=O) groups is 1. The summed E-state index contributed by atoms with van der Waals surface area (Å²) in [6.07, 6.45) is 4.12. The summed E-state index contributed by atoms with van der Waals surface area (Å²) in [5.74, 6) is 2.24. The first-order valence-corrected chi connectivity index (χ1v) is 9.13. The van der Waals surface area contributed by atoms with Crippen LogP contribution >= 0.6 is 0 Å². The number of aromatic nitrogens is 1. The zero-order valence-corrected chi connectivity index (χ0v) is 14.5. The van der Waals surface area contributed by atoms with Gasteiger partial charge in [0.05, 0.1) is 7.11 Å². The monoisotopic (exact) mass is 332 g/mol. The molecular weight excluding hydrogens is 304 g/mol. The van der Waals surface area contributed by atoms with Gasteiger partial charge in [0.2, 0.25) is 0 Å². The van der Waals surface area contributed by atoms with Crippen molar-refractivity contribution in [3.63, 3.8) is 0 Å². The van der Waals surface area contributed by atoms with Crippen LogP contribution in [0.4, 0.5) is 4.79 Å². The number of likely N-dealkylation sites (tertiary alicyclic amines) is 1. The van der Waals surface area contributed by atoms with Gasteiger partial charge in [-0.3, -0.25) is 4.90 Å². The summed E-state index contributed by atoms with van der Waals surface area (Å²) in [5, 5.41) is 0. The fraction of sp³-hybridized carbons (Fsp3) is 0.722. The van der Waals surface area contributed by atoms with Crippen molar-refractivity contribution >= 4 is 6.09 Å². The molecule has 4 rings (SSSR count). The molecule has 3 atom stereocenters. The SMILES string of the molecule is COC(=O)N1C[C@@H]2C(CN3CCN(CCn4cccc4)CC3)[C@@H]2C1. The summed E-state index contributed by atoms with van der Waals surface area (Å²) in [5.41, 5.74) is 0. The molecule has 6 heteroatoms. The standard InChI is InChI=1S/C18H28N4O2/c1-24-18(23)22-13-16-15(17(16)14-22)12-21-10-8-20(9-11-21)7-6-19-4-2-3-5-19/h2-5,15-17H,6-14H2,1H3/t15?,16-,17+. The number of nitrogens with zero attached hydrogens (tertiary/aromatic N) is 4. The fourth-order valence-electron chi connectivity index (χ4n) is 4.47. The molecule has 1 unspecified atom stereocenters. The zero-order valence-electron chi connectivity index (χ0n) is 14.5. The van der Waals surface area contributed by atoms with E-state index >= 15 is 0 Å². The number of piperazine rings is 1. The molecule has 0 spiro atoms. The van der Waals surface area contributed by atoms with Crippen LogP contribution in [-0.4, -0.2) is 84.8 Å². The number of rotatable bonds is 5. The smallest absolute Gasteiger partial charge is 0.409 e. The molecule has 3 aliphatic rings. The average molecular weight is 332 g/mol. The Hall–Kier alpha value is -1.53. The van der Waals surface area contributed by atoms with Crippen molar-refractivity contribution in [1.29, 1.82) is 0 Å². The Balaban J connectivity index is 1.14. The maximum atomic E-state index is 11.5. The molecule has 2 aliphatic heterocycles. The summed E-state index contributed by atoms with van der Waals surface area (Å²) in [7, 11) is 1.47. The average Bonchev–Trinajstić information content (AvgIpc) is 3.06. The second-order valence-corrected chi connectivity index (χ2v) is 7.43. The van der Waals surface area contributed by atoms with Crippen LogP contribution in [0.25, 0.3) is 0 Å². The molecule has 3 fully saturated rings. The first kappa shape index (κ1) is 16.0. The van der Waals surface area contributed by atoms with Crippen molar-refractivity contribution < 1.29 is 9.53 Å². The maximum absolute atomic E-state index is 11.5. The third-order valence-electron chi connectivity index (χ3n) is 6.08. The minimum Gasteiger partial charge on any atom is -0.453 e. The largest absolute Gasteiger partial charge is 0.453 e. The van der Waals surface area contributed by atoms with Gasteiger partial charge in [0, 0.05) is 71.3 Å². The highest BCUT2D eigenvalue weighted by Crippen LogP contribution is 2.52. The molecule has 24 heavy (non-hydrogen) atoms. The molecule has 2 saturated heterocycles. The molecule has 1 saturated carbocycles.